The van der Waals surface area contributed by atoms with E-state index in [4.69, 9.17) is 16.3 Å². The molecule has 2 atom stereocenters. The second-order valence-electron chi connectivity index (χ2n) is 4.48. The first-order valence-corrected chi connectivity index (χ1v) is 6.31. The number of Topliss-reactive ketones (excluding diaryl/α,β-unsaturated/α-hetero) is 1. The van der Waals surface area contributed by atoms with Gasteiger partial charge in [0, 0.05) is 10.6 Å². The van der Waals surface area contributed by atoms with Gasteiger partial charge in [-0.15, -0.1) is 0 Å². The number of halogens is 3. The van der Waals surface area contributed by atoms with Crippen LogP contribution in [-0.4, -0.2) is 12.0 Å². The fourth-order valence-electron chi connectivity index (χ4n) is 2.17. The van der Waals surface area contributed by atoms with Crippen molar-refractivity contribution in [2.45, 2.75) is 12.0 Å². The number of carbonyl (C=O) groups is 1. The van der Waals surface area contributed by atoms with Crippen LogP contribution in [-0.2, 0) is 5.85 Å². The normalized spacial score (nSPS) is 24.9. The van der Waals surface area contributed by atoms with Crippen LogP contribution in [0.25, 0.3) is 0 Å². The van der Waals surface area contributed by atoms with Gasteiger partial charge in [0.1, 0.15) is 5.75 Å². The largest absolute Gasteiger partial charge is 0.450 e. The minimum atomic E-state index is -2.82. The summed E-state index contributed by atoms with van der Waals surface area (Å²) in [5.41, 5.74) is -0.0874. The lowest BCUT2D eigenvalue weighted by Gasteiger charge is -2.34. The van der Waals surface area contributed by atoms with Crippen molar-refractivity contribution in [3.05, 3.63) is 64.7 Å². The number of benzene rings is 2. The topological polar surface area (TPSA) is 26.3 Å². The van der Waals surface area contributed by atoms with E-state index in [2.05, 4.69) is 0 Å². The summed E-state index contributed by atoms with van der Waals surface area (Å²) in [6, 6.07) is 11.6. The van der Waals surface area contributed by atoms with Crippen LogP contribution in [0.4, 0.5) is 8.78 Å². The molecule has 0 radical (unpaired) electrons. The van der Waals surface area contributed by atoms with Crippen molar-refractivity contribution >= 4 is 17.4 Å². The molecule has 20 heavy (non-hydrogen) atoms. The monoisotopic (exact) mass is 294 g/mol. The number of hydrogen-bond acceptors (Lipinski definition) is 2. The summed E-state index contributed by atoms with van der Waals surface area (Å²) in [6.45, 7) is 0. The zero-order valence-corrected chi connectivity index (χ0v) is 10.9. The molecule has 0 unspecified atom stereocenters. The Morgan fingerprint density at radius 1 is 1.15 bits per heavy atom. The van der Waals surface area contributed by atoms with Crippen molar-refractivity contribution in [3.63, 3.8) is 0 Å². The predicted molar refractivity (Wildman–Crippen MR) is 70.5 cm³/mol. The van der Waals surface area contributed by atoms with Crippen LogP contribution < -0.4 is 4.74 Å². The molecule has 0 saturated carbocycles. The van der Waals surface area contributed by atoms with Gasteiger partial charge in [-0.25, -0.2) is 4.39 Å². The number of alkyl halides is 2. The molecular formula is C15H9ClF2O2. The number of fused-ring (bicyclic) bond motifs is 1. The van der Waals surface area contributed by atoms with Crippen LogP contribution in [0.2, 0.25) is 5.02 Å². The molecule has 0 saturated heterocycles. The molecule has 0 spiro atoms. The quantitative estimate of drug-likeness (QED) is 0.792. The van der Waals surface area contributed by atoms with Gasteiger partial charge in [-0.2, -0.15) is 4.39 Å². The third kappa shape index (κ3) is 1.88. The highest BCUT2D eigenvalue weighted by Crippen LogP contribution is 2.43. The fourth-order valence-corrected chi connectivity index (χ4v) is 2.34. The van der Waals surface area contributed by atoms with E-state index in [1.165, 1.54) is 30.3 Å². The van der Waals surface area contributed by atoms with Gasteiger partial charge in [0.05, 0.1) is 5.56 Å². The highest BCUT2D eigenvalue weighted by molar-refractivity contribution is 6.31. The average Bonchev–Trinajstić information content (AvgIpc) is 2.47. The molecule has 0 bridgehead atoms. The highest BCUT2D eigenvalue weighted by atomic mass is 35.5. The van der Waals surface area contributed by atoms with Crippen LogP contribution in [0.5, 0.6) is 5.75 Å². The smallest absolute Gasteiger partial charge is 0.312 e. The molecule has 3 rings (SSSR count). The predicted octanol–water partition coefficient (Wildman–Crippen LogP) is 4.08. The van der Waals surface area contributed by atoms with Gasteiger partial charge in [0.15, 0.2) is 0 Å². The van der Waals surface area contributed by atoms with E-state index in [9.17, 15) is 13.6 Å². The zero-order chi connectivity index (χ0) is 14.3. The lowest BCUT2D eigenvalue weighted by Crippen LogP contribution is -2.46. The van der Waals surface area contributed by atoms with E-state index in [1.807, 2.05) is 0 Å². The Bertz CT molecular complexity index is 675. The average molecular weight is 295 g/mol. The second-order valence-corrected chi connectivity index (χ2v) is 4.92. The molecule has 1 aliphatic heterocycles. The first kappa shape index (κ1) is 13.1. The van der Waals surface area contributed by atoms with Crippen LogP contribution in [0.1, 0.15) is 15.9 Å². The summed E-state index contributed by atoms with van der Waals surface area (Å²) in [7, 11) is 0. The number of hydrogen-bond donors (Lipinski definition) is 0. The highest BCUT2D eigenvalue weighted by Gasteiger charge is 2.52. The van der Waals surface area contributed by atoms with Crippen molar-refractivity contribution in [2.24, 2.45) is 0 Å². The molecule has 1 aliphatic rings. The van der Waals surface area contributed by atoms with Gasteiger partial charge in [0.2, 0.25) is 12.0 Å². The van der Waals surface area contributed by atoms with E-state index < -0.39 is 17.8 Å². The Hall–Kier alpha value is -1.94. The van der Waals surface area contributed by atoms with Gasteiger partial charge in [-0.05, 0) is 18.2 Å². The number of ketones is 1. The van der Waals surface area contributed by atoms with E-state index in [0.717, 1.165) is 0 Å². The zero-order valence-electron chi connectivity index (χ0n) is 10.1. The summed E-state index contributed by atoms with van der Waals surface area (Å²) >= 11 is 5.75. The molecule has 0 amide bonds. The van der Waals surface area contributed by atoms with Gasteiger partial charge < -0.3 is 4.74 Å². The molecule has 2 nitrogen and oxygen atoms in total. The van der Waals surface area contributed by atoms with Gasteiger partial charge in [-0.1, -0.05) is 41.9 Å². The number of carbonyl (C=O) groups excluding carboxylic acids is 1. The molecular weight excluding hydrogens is 286 g/mol. The Morgan fingerprint density at radius 2 is 1.85 bits per heavy atom. The van der Waals surface area contributed by atoms with Crippen LogP contribution in [0.15, 0.2) is 48.5 Å². The molecule has 102 valence electrons. The molecule has 2 aromatic rings. The van der Waals surface area contributed by atoms with Crippen molar-refractivity contribution < 1.29 is 18.3 Å². The van der Waals surface area contributed by atoms with Gasteiger partial charge >= 0.3 is 5.85 Å². The first-order valence-electron chi connectivity index (χ1n) is 5.93. The lowest BCUT2D eigenvalue weighted by atomic mass is 9.92. The van der Waals surface area contributed by atoms with E-state index in [-0.39, 0.29) is 21.9 Å². The number of rotatable bonds is 1. The maximum Gasteiger partial charge on any atom is 0.312 e. The van der Waals surface area contributed by atoms with Crippen molar-refractivity contribution in [1.82, 2.24) is 0 Å². The molecule has 0 aromatic heterocycles. The Kier molecular flexibility index (Phi) is 2.98. The molecule has 1 heterocycles. The lowest BCUT2D eigenvalue weighted by molar-refractivity contribution is -0.120. The van der Waals surface area contributed by atoms with E-state index in [0.29, 0.717) is 0 Å². The maximum atomic E-state index is 14.9. The molecule has 0 aliphatic carbocycles. The third-order valence-corrected chi connectivity index (χ3v) is 3.42. The van der Waals surface area contributed by atoms with Crippen molar-refractivity contribution in [3.8, 4) is 5.75 Å². The fraction of sp³-hybridized carbons (Fsp3) is 0.133. The second kappa shape index (κ2) is 4.56. The molecule has 5 heteroatoms. The summed E-state index contributed by atoms with van der Waals surface area (Å²) < 4.78 is 34.2. The molecule has 2 aromatic carbocycles. The van der Waals surface area contributed by atoms with Crippen LogP contribution >= 0.6 is 11.6 Å². The summed E-state index contributed by atoms with van der Waals surface area (Å²) in [6.07, 6.45) is -2.43. The SMILES string of the molecule is O=C1c2cc(Cl)ccc2O[C@](F)(c2ccccc2)[C@H]1F. The first-order chi connectivity index (χ1) is 9.52. The standard InChI is InChI=1S/C15H9ClF2O2/c16-10-6-7-12-11(8-10)13(19)14(17)15(18,20-12)9-4-2-1-3-5-9/h1-8,14H/t14-,15+/m0/s1. The van der Waals surface area contributed by atoms with E-state index >= 15 is 0 Å². The van der Waals surface area contributed by atoms with E-state index in [1.54, 1.807) is 18.2 Å². The summed E-state index contributed by atoms with van der Waals surface area (Å²) in [4.78, 5) is 12.0. The van der Waals surface area contributed by atoms with Crippen molar-refractivity contribution in [1.29, 1.82) is 0 Å². The van der Waals surface area contributed by atoms with Gasteiger partial charge in [0.25, 0.3) is 0 Å². The van der Waals surface area contributed by atoms with Crippen LogP contribution in [0, 0.1) is 0 Å². The third-order valence-electron chi connectivity index (χ3n) is 3.19. The minimum Gasteiger partial charge on any atom is -0.450 e. The molecule has 0 N–H and O–H groups in total. The summed E-state index contributed by atoms with van der Waals surface area (Å²) in [5, 5.41) is 0.263. The molecule has 0 fully saturated rings. The minimum absolute atomic E-state index is 0.0142. The Labute approximate surface area is 118 Å². The van der Waals surface area contributed by atoms with Crippen LogP contribution in [0.3, 0.4) is 0 Å². The van der Waals surface area contributed by atoms with Gasteiger partial charge in [-0.3, -0.25) is 4.79 Å². The summed E-state index contributed by atoms with van der Waals surface area (Å²) in [5.74, 6) is -3.81. The Morgan fingerprint density at radius 3 is 2.55 bits per heavy atom. The van der Waals surface area contributed by atoms with Crippen molar-refractivity contribution in [2.75, 3.05) is 0 Å². The Balaban J connectivity index is 2.13. The maximum absolute atomic E-state index is 14.9. The number of ether oxygens (including phenoxy) is 1.